The Kier molecular flexibility index (Phi) is 6.44. The number of carbonyl (C=O) groups excluding carboxylic acids is 1. The summed E-state index contributed by atoms with van der Waals surface area (Å²) < 4.78 is 50.3. The number of ether oxygens (including phenoxy) is 2. The van der Waals surface area contributed by atoms with Crippen molar-refractivity contribution >= 4 is 39.3 Å². The molecule has 1 N–H and O–H groups in total. The maximum atomic E-state index is 13.2. The van der Waals surface area contributed by atoms with E-state index < -0.39 is 9.84 Å². The van der Waals surface area contributed by atoms with Crippen LogP contribution in [0.3, 0.4) is 0 Å². The third-order valence-electron chi connectivity index (χ3n) is 5.04. The number of fused-ring (bicyclic) bond motifs is 1. The summed E-state index contributed by atoms with van der Waals surface area (Å²) in [5, 5.41) is 2.77. The molecule has 0 bridgehead atoms. The molecule has 0 radical (unpaired) electrons. The SMILES string of the molecule is COc1cccc(OC)c1CS(=O)(=O)c1ccc2c(c1)S/C(=C\c1ccc(F)cc1)C(=O)N2. The molecule has 0 saturated carbocycles. The first-order valence-electron chi connectivity index (χ1n) is 9.84. The second-order valence-electron chi connectivity index (χ2n) is 7.17. The quantitative estimate of drug-likeness (QED) is 0.500. The number of nitrogens with one attached hydrogen (secondary N) is 1. The zero-order chi connectivity index (χ0) is 23.6. The van der Waals surface area contributed by atoms with E-state index in [0.717, 1.165) is 11.8 Å². The number of halogens is 1. The van der Waals surface area contributed by atoms with E-state index in [2.05, 4.69) is 5.32 Å². The summed E-state index contributed by atoms with van der Waals surface area (Å²) in [6.45, 7) is 0. The maximum absolute atomic E-state index is 13.2. The smallest absolute Gasteiger partial charge is 0.262 e. The molecule has 33 heavy (non-hydrogen) atoms. The summed E-state index contributed by atoms with van der Waals surface area (Å²) >= 11 is 1.16. The van der Waals surface area contributed by atoms with E-state index in [0.29, 0.717) is 38.1 Å². The van der Waals surface area contributed by atoms with Crippen molar-refractivity contribution in [3.05, 3.63) is 82.5 Å². The van der Waals surface area contributed by atoms with E-state index in [4.69, 9.17) is 9.47 Å². The lowest BCUT2D eigenvalue weighted by molar-refractivity contribution is -0.112. The van der Waals surface area contributed by atoms with Gasteiger partial charge in [-0.15, -0.1) is 0 Å². The molecule has 0 aliphatic carbocycles. The first-order valence-corrected chi connectivity index (χ1v) is 12.3. The normalized spacial score (nSPS) is 14.5. The van der Waals surface area contributed by atoms with Crippen LogP contribution in [0.15, 0.2) is 75.4 Å². The number of methoxy groups -OCH3 is 2. The fourth-order valence-corrected chi connectivity index (χ4v) is 5.85. The van der Waals surface area contributed by atoms with E-state index in [1.807, 2.05) is 0 Å². The summed E-state index contributed by atoms with van der Waals surface area (Å²) in [5.41, 5.74) is 1.61. The zero-order valence-electron chi connectivity index (χ0n) is 17.8. The van der Waals surface area contributed by atoms with Crippen LogP contribution < -0.4 is 14.8 Å². The Bertz CT molecular complexity index is 1330. The van der Waals surface area contributed by atoms with Gasteiger partial charge in [-0.3, -0.25) is 4.79 Å². The van der Waals surface area contributed by atoms with Gasteiger partial charge in [-0.1, -0.05) is 30.0 Å². The Hall–Kier alpha value is -3.30. The average Bonchev–Trinajstić information content (AvgIpc) is 2.80. The molecular formula is C24H20FNO5S2. The van der Waals surface area contributed by atoms with Gasteiger partial charge in [0.2, 0.25) is 0 Å². The molecule has 0 aromatic heterocycles. The van der Waals surface area contributed by atoms with Crippen LogP contribution >= 0.6 is 11.8 Å². The topological polar surface area (TPSA) is 81.7 Å². The summed E-state index contributed by atoms with van der Waals surface area (Å²) in [6.07, 6.45) is 1.63. The molecule has 1 amide bonds. The number of amides is 1. The van der Waals surface area contributed by atoms with Gasteiger partial charge in [0.05, 0.1) is 41.0 Å². The molecule has 0 spiro atoms. The number of carbonyl (C=O) groups is 1. The van der Waals surface area contributed by atoms with Crippen molar-refractivity contribution in [2.45, 2.75) is 15.5 Å². The highest BCUT2D eigenvalue weighted by atomic mass is 32.2. The minimum absolute atomic E-state index is 0.110. The summed E-state index contributed by atoms with van der Waals surface area (Å²) in [7, 11) is -0.813. The molecule has 1 heterocycles. The van der Waals surface area contributed by atoms with Gasteiger partial charge in [0, 0.05) is 4.90 Å². The van der Waals surface area contributed by atoms with Crippen molar-refractivity contribution in [1.29, 1.82) is 0 Å². The molecule has 1 aliphatic rings. The van der Waals surface area contributed by atoms with E-state index in [1.54, 1.807) is 42.5 Å². The lowest BCUT2D eigenvalue weighted by atomic mass is 10.2. The minimum Gasteiger partial charge on any atom is -0.496 e. The van der Waals surface area contributed by atoms with Gasteiger partial charge in [0.1, 0.15) is 17.3 Å². The number of sulfone groups is 1. The van der Waals surface area contributed by atoms with Crippen LogP contribution in [0.1, 0.15) is 11.1 Å². The number of hydrogen-bond acceptors (Lipinski definition) is 6. The largest absolute Gasteiger partial charge is 0.496 e. The molecule has 1 aliphatic heterocycles. The van der Waals surface area contributed by atoms with Gasteiger partial charge >= 0.3 is 0 Å². The molecule has 3 aromatic carbocycles. The van der Waals surface area contributed by atoms with Crippen molar-refractivity contribution in [3.63, 3.8) is 0 Å². The molecule has 0 fully saturated rings. The Balaban J connectivity index is 1.66. The second kappa shape index (κ2) is 9.29. The lowest BCUT2D eigenvalue weighted by Crippen LogP contribution is -2.17. The summed E-state index contributed by atoms with van der Waals surface area (Å²) in [5.74, 6) is -0.158. The minimum atomic E-state index is -3.75. The van der Waals surface area contributed by atoms with Gasteiger partial charge in [0.25, 0.3) is 5.91 Å². The fraction of sp³-hybridized carbons (Fsp3) is 0.125. The Morgan fingerprint density at radius 3 is 2.30 bits per heavy atom. The first-order chi connectivity index (χ1) is 15.8. The van der Waals surface area contributed by atoms with Crippen LogP contribution in [0.4, 0.5) is 10.1 Å². The van der Waals surface area contributed by atoms with E-state index >= 15 is 0 Å². The molecule has 0 atom stereocenters. The third kappa shape index (κ3) is 4.89. The predicted octanol–water partition coefficient (Wildman–Crippen LogP) is 4.90. The highest BCUT2D eigenvalue weighted by Crippen LogP contribution is 2.41. The molecule has 0 unspecified atom stereocenters. The number of anilines is 1. The van der Waals surface area contributed by atoms with Gasteiger partial charge in [0.15, 0.2) is 9.84 Å². The molecule has 4 rings (SSSR count). The first kappa shape index (κ1) is 22.9. The Labute approximate surface area is 195 Å². The Morgan fingerprint density at radius 1 is 1.00 bits per heavy atom. The fourth-order valence-electron chi connectivity index (χ4n) is 3.38. The van der Waals surface area contributed by atoms with E-state index in [9.17, 15) is 17.6 Å². The maximum Gasteiger partial charge on any atom is 0.262 e. The molecule has 9 heteroatoms. The molecule has 170 valence electrons. The van der Waals surface area contributed by atoms with Crippen LogP contribution in [0.25, 0.3) is 6.08 Å². The number of benzene rings is 3. The van der Waals surface area contributed by atoms with Crippen molar-refractivity contribution in [1.82, 2.24) is 0 Å². The third-order valence-corrected chi connectivity index (χ3v) is 7.76. The van der Waals surface area contributed by atoms with Gasteiger partial charge < -0.3 is 14.8 Å². The second-order valence-corrected chi connectivity index (χ2v) is 10.2. The molecule has 0 saturated heterocycles. The van der Waals surface area contributed by atoms with Crippen LogP contribution in [-0.4, -0.2) is 28.5 Å². The van der Waals surface area contributed by atoms with Gasteiger partial charge in [-0.2, -0.15) is 0 Å². The highest BCUT2D eigenvalue weighted by Gasteiger charge is 2.26. The molecular weight excluding hydrogens is 465 g/mol. The van der Waals surface area contributed by atoms with Crippen LogP contribution in [0.2, 0.25) is 0 Å². The van der Waals surface area contributed by atoms with Crippen LogP contribution in [0, 0.1) is 5.82 Å². The van der Waals surface area contributed by atoms with Crippen molar-refractivity contribution in [2.24, 2.45) is 0 Å². The van der Waals surface area contributed by atoms with Crippen LogP contribution in [0.5, 0.6) is 11.5 Å². The highest BCUT2D eigenvalue weighted by molar-refractivity contribution is 8.04. The zero-order valence-corrected chi connectivity index (χ0v) is 19.4. The lowest BCUT2D eigenvalue weighted by Gasteiger charge is -2.20. The number of thioether (sulfide) groups is 1. The monoisotopic (exact) mass is 485 g/mol. The number of rotatable bonds is 6. The average molecular weight is 486 g/mol. The van der Waals surface area contributed by atoms with Crippen LogP contribution in [-0.2, 0) is 20.4 Å². The molecule has 3 aromatic rings. The predicted molar refractivity (Wildman–Crippen MR) is 126 cm³/mol. The van der Waals surface area contributed by atoms with Crippen molar-refractivity contribution in [3.8, 4) is 11.5 Å². The van der Waals surface area contributed by atoms with Crippen molar-refractivity contribution in [2.75, 3.05) is 19.5 Å². The summed E-state index contributed by atoms with van der Waals surface area (Å²) in [6, 6.07) is 15.4. The number of hydrogen-bond donors (Lipinski definition) is 1. The van der Waals surface area contributed by atoms with E-state index in [-0.39, 0.29) is 22.4 Å². The Morgan fingerprint density at radius 2 is 1.67 bits per heavy atom. The van der Waals surface area contributed by atoms with Gasteiger partial charge in [-0.05, 0) is 54.1 Å². The van der Waals surface area contributed by atoms with Gasteiger partial charge in [-0.25, -0.2) is 12.8 Å². The summed E-state index contributed by atoms with van der Waals surface area (Å²) in [4.78, 5) is 13.5. The standard InChI is InChI=1S/C24H20FNO5S2/c1-30-20-4-3-5-21(31-2)18(20)14-33(28,29)17-10-11-19-22(13-17)32-23(24(27)26-19)12-15-6-8-16(25)9-7-15/h3-13H,14H2,1-2H3,(H,26,27)/b23-12-. The van der Waals surface area contributed by atoms with Crippen molar-refractivity contribution < 1.29 is 27.1 Å². The van der Waals surface area contributed by atoms with E-state index in [1.165, 1.54) is 38.5 Å². The molecule has 6 nitrogen and oxygen atoms in total.